The molecule has 6 rings (SSSR count). The van der Waals surface area contributed by atoms with Crippen molar-refractivity contribution in [2.24, 2.45) is 5.92 Å². The lowest BCUT2D eigenvalue weighted by atomic mass is 10.0. The van der Waals surface area contributed by atoms with Crippen molar-refractivity contribution in [2.45, 2.75) is 42.7 Å². The van der Waals surface area contributed by atoms with Gasteiger partial charge in [-0.3, -0.25) is 9.89 Å². The smallest absolute Gasteiger partial charge is 0.251 e. The summed E-state index contributed by atoms with van der Waals surface area (Å²) in [6.07, 6.45) is 5.08. The first kappa shape index (κ1) is 26.5. The second kappa shape index (κ2) is 10.7. The van der Waals surface area contributed by atoms with Gasteiger partial charge in [-0.2, -0.15) is 5.10 Å². The van der Waals surface area contributed by atoms with Crippen molar-refractivity contribution in [3.05, 3.63) is 77.9 Å². The van der Waals surface area contributed by atoms with Gasteiger partial charge in [0.05, 0.1) is 17.3 Å². The van der Waals surface area contributed by atoms with E-state index in [9.17, 15) is 13.2 Å². The molecule has 2 aliphatic rings. The molecule has 0 radical (unpaired) electrons. The quantitative estimate of drug-likeness (QED) is 0.316. The van der Waals surface area contributed by atoms with Gasteiger partial charge in [0.15, 0.2) is 9.84 Å². The highest BCUT2D eigenvalue weighted by atomic mass is 32.2. The zero-order valence-corrected chi connectivity index (χ0v) is 23.6. The number of amides is 1. The van der Waals surface area contributed by atoms with E-state index in [1.165, 1.54) is 6.26 Å². The number of benzene rings is 3. The average molecular weight is 559 g/mol. The number of sulfone groups is 1. The Morgan fingerprint density at radius 1 is 1.02 bits per heavy atom. The zero-order valence-electron chi connectivity index (χ0n) is 22.8. The van der Waals surface area contributed by atoms with Gasteiger partial charge in [0.2, 0.25) is 0 Å². The predicted molar refractivity (Wildman–Crippen MR) is 155 cm³/mol. The lowest BCUT2D eigenvalue weighted by Gasteiger charge is -2.29. The summed E-state index contributed by atoms with van der Waals surface area (Å²) in [5, 5.41) is 11.5. The van der Waals surface area contributed by atoms with Crippen LogP contribution >= 0.6 is 0 Å². The Bertz CT molecular complexity index is 1640. The van der Waals surface area contributed by atoms with E-state index >= 15 is 0 Å². The molecule has 0 bridgehead atoms. The summed E-state index contributed by atoms with van der Waals surface area (Å²) in [6.45, 7) is 1.83. The van der Waals surface area contributed by atoms with Crippen LogP contribution in [0.15, 0.2) is 71.6 Å². The Labute approximate surface area is 234 Å². The van der Waals surface area contributed by atoms with Crippen LogP contribution in [0.5, 0.6) is 5.75 Å². The summed E-state index contributed by atoms with van der Waals surface area (Å²) in [6, 6.07) is 20.7. The molecule has 1 saturated heterocycles. The molecule has 9 heteroatoms. The lowest BCUT2D eigenvalue weighted by molar-refractivity contribution is 0.0931. The average Bonchev–Trinajstić information content (AvgIpc) is 3.71. The van der Waals surface area contributed by atoms with Crippen LogP contribution < -0.4 is 10.1 Å². The van der Waals surface area contributed by atoms with Gasteiger partial charge in [0.25, 0.3) is 5.91 Å². The van der Waals surface area contributed by atoms with Crippen molar-refractivity contribution < 1.29 is 17.9 Å². The van der Waals surface area contributed by atoms with Crippen molar-refractivity contribution in [1.29, 1.82) is 0 Å². The second-order valence-corrected chi connectivity index (χ2v) is 13.1. The van der Waals surface area contributed by atoms with Crippen molar-refractivity contribution in [3.8, 4) is 17.0 Å². The zero-order chi connectivity index (χ0) is 27.9. The number of nitrogens with one attached hydrogen (secondary N) is 2. The molecule has 1 aromatic heterocycles. The molecule has 2 heterocycles. The number of carbonyl (C=O) groups is 1. The first-order valence-corrected chi connectivity index (χ1v) is 15.7. The Morgan fingerprint density at radius 2 is 1.77 bits per heavy atom. The summed E-state index contributed by atoms with van der Waals surface area (Å²) in [5.74, 6) is 0.672. The number of piperidine rings is 1. The van der Waals surface area contributed by atoms with Gasteiger partial charge in [0, 0.05) is 35.9 Å². The highest BCUT2D eigenvalue weighted by Gasteiger charge is 2.33. The maximum Gasteiger partial charge on any atom is 0.251 e. The maximum absolute atomic E-state index is 13.4. The molecular formula is C31H34N4O4S. The molecule has 4 aromatic rings. The molecule has 3 aromatic carbocycles. The number of nitrogens with zero attached hydrogens (tertiary/aromatic N) is 2. The third-order valence-corrected chi connectivity index (χ3v) is 9.06. The van der Waals surface area contributed by atoms with Crippen molar-refractivity contribution in [3.63, 3.8) is 0 Å². The van der Waals surface area contributed by atoms with Gasteiger partial charge in [-0.1, -0.05) is 30.3 Å². The van der Waals surface area contributed by atoms with Gasteiger partial charge in [0.1, 0.15) is 16.7 Å². The van der Waals surface area contributed by atoms with E-state index in [0.29, 0.717) is 28.5 Å². The molecule has 8 nitrogen and oxygen atoms in total. The molecule has 1 unspecified atom stereocenters. The van der Waals surface area contributed by atoms with E-state index in [1.54, 1.807) is 18.2 Å². The topological polar surface area (TPSA) is 104 Å². The molecule has 1 atom stereocenters. The third kappa shape index (κ3) is 5.62. The Balaban J connectivity index is 1.29. The number of rotatable bonds is 8. The van der Waals surface area contributed by atoms with Gasteiger partial charge >= 0.3 is 0 Å². The molecule has 2 fully saturated rings. The number of aromatic nitrogens is 2. The Hall–Kier alpha value is -3.69. The van der Waals surface area contributed by atoms with E-state index in [4.69, 9.17) is 4.74 Å². The summed E-state index contributed by atoms with van der Waals surface area (Å²) in [4.78, 5) is 15.8. The van der Waals surface area contributed by atoms with Gasteiger partial charge in [-0.05, 0) is 80.6 Å². The van der Waals surface area contributed by atoms with Crippen LogP contribution in [0.3, 0.4) is 0 Å². The van der Waals surface area contributed by atoms with E-state index in [-0.39, 0.29) is 22.9 Å². The minimum absolute atomic E-state index is 0.0230. The number of ether oxygens (including phenoxy) is 1. The lowest BCUT2D eigenvalue weighted by Crippen LogP contribution is -2.35. The number of carbonyl (C=O) groups excluding carboxylic acids is 1. The van der Waals surface area contributed by atoms with Crippen LogP contribution in [0.25, 0.3) is 22.2 Å². The molecular weight excluding hydrogens is 524 g/mol. The number of hydrogen-bond donors (Lipinski definition) is 2. The number of aromatic amines is 1. The van der Waals surface area contributed by atoms with E-state index in [2.05, 4.69) is 39.6 Å². The first-order valence-electron chi connectivity index (χ1n) is 13.8. The molecule has 0 spiro atoms. The van der Waals surface area contributed by atoms with Crippen LogP contribution in [-0.4, -0.2) is 61.9 Å². The van der Waals surface area contributed by atoms with E-state index in [0.717, 1.165) is 55.2 Å². The fourth-order valence-corrected chi connectivity index (χ4v) is 6.31. The van der Waals surface area contributed by atoms with Gasteiger partial charge in [-0.25, -0.2) is 8.42 Å². The van der Waals surface area contributed by atoms with Crippen molar-refractivity contribution >= 4 is 26.6 Å². The molecule has 1 aliphatic carbocycles. The van der Waals surface area contributed by atoms with Crippen LogP contribution in [0, 0.1) is 5.92 Å². The SMILES string of the molecule is CN1CCC(Oc2ccc(-c3n[nH]c4ccc(C(=O)NC(c5ccccc5)C5CC5)cc34)cc2S(C)(=O)=O)CC1. The second-order valence-electron chi connectivity index (χ2n) is 11.1. The van der Waals surface area contributed by atoms with Crippen LogP contribution in [0.1, 0.15) is 47.6 Å². The van der Waals surface area contributed by atoms with E-state index < -0.39 is 9.84 Å². The predicted octanol–water partition coefficient (Wildman–Crippen LogP) is 4.99. The summed E-state index contributed by atoms with van der Waals surface area (Å²) >= 11 is 0. The molecule has 40 heavy (non-hydrogen) atoms. The van der Waals surface area contributed by atoms with E-state index in [1.807, 2.05) is 36.4 Å². The van der Waals surface area contributed by atoms with Crippen molar-refractivity contribution in [1.82, 2.24) is 20.4 Å². The number of H-pyrrole nitrogens is 1. The van der Waals surface area contributed by atoms with Crippen LogP contribution in [-0.2, 0) is 9.84 Å². The minimum atomic E-state index is -3.56. The molecule has 208 valence electrons. The Morgan fingerprint density at radius 3 is 2.48 bits per heavy atom. The fourth-order valence-electron chi connectivity index (χ4n) is 5.49. The van der Waals surface area contributed by atoms with Crippen LogP contribution in [0.2, 0.25) is 0 Å². The van der Waals surface area contributed by atoms with Crippen molar-refractivity contribution in [2.75, 3.05) is 26.4 Å². The molecule has 1 saturated carbocycles. The Kier molecular flexibility index (Phi) is 7.10. The van der Waals surface area contributed by atoms with Gasteiger partial charge in [-0.15, -0.1) is 0 Å². The maximum atomic E-state index is 13.4. The van der Waals surface area contributed by atoms with Gasteiger partial charge < -0.3 is 15.0 Å². The fraction of sp³-hybridized carbons (Fsp3) is 0.355. The number of fused-ring (bicyclic) bond motifs is 1. The summed E-state index contributed by atoms with van der Waals surface area (Å²) in [7, 11) is -1.49. The third-order valence-electron chi connectivity index (χ3n) is 7.94. The molecule has 2 N–H and O–H groups in total. The minimum Gasteiger partial charge on any atom is -0.489 e. The number of hydrogen-bond acceptors (Lipinski definition) is 6. The largest absolute Gasteiger partial charge is 0.489 e. The van der Waals surface area contributed by atoms with Crippen LogP contribution in [0.4, 0.5) is 0 Å². The highest BCUT2D eigenvalue weighted by molar-refractivity contribution is 7.90. The normalized spacial score (nSPS) is 17.6. The molecule has 1 aliphatic heterocycles. The summed E-state index contributed by atoms with van der Waals surface area (Å²) < 4.78 is 31.8. The highest BCUT2D eigenvalue weighted by Crippen LogP contribution is 2.41. The molecule has 1 amide bonds. The standard InChI is InChI=1S/C31H34N4O4S/c1-35-16-14-24(15-17-35)39-27-13-11-22(19-28(27)40(2,37)38)30-25-18-23(10-12-26(25)33-34-30)31(36)32-29(21-8-9-21)20-6-4-3-5-7-20/h3-7,10-13,18-19,21,24,29H,8-9,14-17H2,1-2H3,(H,32,36)(H,33,34). The summed E-state index contributed by atoms with van der Waals surface area (Å²) in [5.41, 5.74) is 3.63. The number of likely N-dealkylation sites (tertiary alicyclic amines) is 1. The monoisotopic (exact) mass is 558 g/mol. The first-order chi connectivity index (χ1) is 19.3.